The number of carbonyl (C=O) groups excluding carboxylic acids is 2. The van der Waals surface area contributed by atoms with Crippen LogP contribution in [0.1, 0.15) is 37.7 Å². The van der Waals surface area contributed by atoms with E-state index in [1.807, 2.05) is 6.07 Å². The van der Waals surface area contributed by atoms with Crippen molar-refractivity contribution in [2.45, 2.75) is 44.7 Å². The van der Waals surface area contributed by atoms with Gasteiger partial charge in [-0.3, -0.25) is 9.69 Å². The van der Waals surface area contributed by atoms with Gasteiger partial charge in [0.2, 0.25) is 5.91 Å². The molecule has 2 aliphatic heterocycles. The summed E-state index contributed by atoms with van der Waals surface area (Å²) in [5, 5.41) is 3.21. The Morgan fingerprint density at radius 2 is 1.85 bits per heavy atom. The first-order valence-corrected chi connectivity index (χ1v) is 10.0. The highest BCUT2D eigenvalue weighted by molar-refractivity contribution is 5.76. The maximum Gasteiger partial charge on any atom is 0.409 e. The van der Waals surface area contributed by atoms with Gasteiger partial charge in [-0.15, -0.1) is 0 Å². The standard InChI is InChI=1S/C21H31N3O3/c1-27-21(26)24-13-9-17(10-14-24)7-8-20(25)22-19-11-12-23(16-19)15-18-5-3-2-4-6-18/h2-6,17,19H,7-16H2,1H3,(H,22,25)/t19-/m1/s1. The molecule has 2 amide bonds. The van der Waals surface area contributed by atoms with E-state index in [0.717, 1.165) is 58.4 Å². The maximum atomic E-state index is 12.3. The minimum absolute atomic E-state index is 0.164. The average molecular weight is 373 g/mol. The van der Waals surface area contributed by atoms with Gasteiger partial charge in [-0.1, -0.05) is 30.3 Å². The molecule has 1 atom stereocenters. The summed E-state index contributed by atoms with van der Waals surface area (Å²) >= 11 is 0. The SMILES string of the molecule is COC(=O)N1CCC(CCC(=O)N[C@@H]2CCN(Cc3ccccc3)C2)CC1. The summed E-state index contributed by atoms with van der Waals surface area (Å²) in [4.78, 5) is 28.0. The van der Waals surface area contributed by atoms with E-state index in [1.165, 1.54) is 12.7 Å². The first kappa shape index (κ1) is 19.7. The van der Waals surface area contributed by atoms with Gasteiger partial charge in [0, 0.05) is 45.2 Å². The van der Waals surface area contributed by atoms with Crippen molar-refractivity contribution in [2.24, 2.45) is 5.92 Å². The highest BCUT2D eigenvalue weighted by Crippen LogP contribution is 2.22. The summed E-state index contributed by atoms with van der Waals surface area (Å²) < 4.78 is 4.76. The fraction of sp³-hybridized carbons (Fsp3) is 0.619. The molecule has 0 spiro atoms. The van der Waals surface area contributed by atoms with Gasteiger partial charge in [0.25, 0.3) is 0 Å². The zero-order valence-electron chi connectivity index (χ0n) is 16.2. The number of hydrogen-bond donors (Lipinski definition) is 1. The number of benzene rings is 1. The summed E-state index contributed by atoms with van der Waals surface area (Å²) in [5.74, 6) is 0.687. The van der Waals surface area contributed by atoms with Crippen LogP contribution >= 0.6 is 0 Å². The largest absolute Gasteiger partial charge is 0.453 e. The van der Waals surface area contributed by atoms with Gasteiger partial charge in [0.15, 0.2) is 0 Å². The number of nitrogens with zero attached hydrogens (tertiary/aromatic N) is 2. The molecule has 0 aliphatic carbocycles. The van der Waals surface area contributed by atoms with Gasteiger partial charge >= 0.3 is 6.09 Å². The Bertz CT molecular complexity index is 614. The van der Waals surface area contributed by atoms with E-state index in [4.69, 9.17) is 4.74 Å². The van der Waals surface area contributed by atoms with Gasteiger partial charge in [0.05, 0.1) is 7.11 Å². The van der Waals surface area contributed by atoms with Gasteiger partial charge in [-0.25, -0.2) is 4.79 Å². The Kier molecular flexibility index (Phi) is 7.10. The maximum absolute atomic E-state index is 12.3. The van der Waals surface area contributed by atoms with Crippen LogP contribution in [0.5, 0.6) is 0 Å². The predicted molar refractivity (Wildman–Crippen MR) is 104 cm³/mol. The second-order valence-electron chi connectivity index (χ2n) is 7.71. The minimum atomic E-state index is -0.243. The first-order chi connectivity index (χ1) is 13.1. The van der Waals surface area contributed by atoms with Gasteiger partial charge in [0.1, 0.15) is 0 Å². The van der Waals surface area contributed by atoms with E-state index in [-0.39, 0.29) is 18.0 Å². The van der Waals surface area contributed by atoms with Crippen LogP contribution in [0.4, 0.5) is 4.79 Å². The molecule has 2 aliphatic rings. The molecule has 0 bridgehead atoms. The number of carbonyl (C=O) groups is 2. The normalized spacial score (nSPS) is 21.2. The Morgan fingerprint density at radius 3 is 2.56 bits per heavy atom. The summed E-state index contributed by atoms with van der Waals surface area (Å²) in [5.41, 5.74) is 1.32. The van der Waals surface area contributed by atoms with Crippen molar-refractivity contribution in [3.8, 4) is 0 Å². The van der Waals surface area contributed by atoms with Crippen LogP contribution in [-0.4, -0.2) is 61.1 Å². The van der Waals surface area contributed by atoms with Crippen molar-refractivity contribution in [2.75, 3.05) is 33.3 Å². The highest BCUT2D eigenvalue weighted by Gasteiger charge is 2.26. The third kappa shape index (κ3) is 5.96. The lowest BCUT2D eigenvalue weighted by atomic mass is 9.92. The predicted octanol–water partition coefficient (Wildman–Crippen LogP) is 2.64. The molecule has 3 rings (SSSR count). The molecule has 1 aromatic carbocycles. The smallest absolute Gasteiger partial charge is 0.409 e. The lowest BCUT2D eigenvalue weighted by Gasteiger charge is -2.30. The van der Waals surface area contributed by atoms with Crippen molar-refractivity contribution in [1.82, 2.24) is 15.1 Å². The quantitative estimate of drug-likeness (QED) is 0.833. The molecule has 0 unspecified atom stereocenters. The molecule has 6 heteroatoms. The number of piperidine rings is 1. The van der Waals surface area contributed by atoms with Crippen molar-refractivity contribution in [3.63, 3.8) is 0 Å². The summed E-state index contributed by atoms with van der Waals surface area (Å²) in [6.07, 6.45) is 4.18. The van der Waals surface area contributed by atoms with E-state index in [9.17, 15) is 9.59 Å². The molecule has 0 aromatic heterocycles. The van der Waals surface area contributed by atoms with Crippen LogP contribution in [0.25, 0.3) is 0 Å². The molecule has 6 nitrogen and oxygen atoms in total. The lowest BCUT2D eigenvalue weighted by molar-refractivity contribution is -0.122. The van der Waals surface area contributed by atoms with E-state index in [1.54, 1.807) is 4.90 Å². The molecular formula is C21H31N3O3. The number of methoxy groups -OCH3 is 1. The molecule has 2 saturated heterocycles. The Hall–Kier alpha value is -2.08. The zero-order chi connectivity index (χ0) is 19.1. The topological polar surface area (TPSA) is 61.9 Å². The van der Waals surface area contributed by atoms with E-state index in [2.05, 4.69) is 34.5 Å². The van der Waals surface area contributed by atoms with Crippen LogP contribution in [0.2, 0.25) is 0 Å². The van der Waals surface area contributed by atoms with Crippen LogP contribution in [0.3, 0.4) is 0 Å². The van der Waals surface area contributed by atoms with Crippen molar-refractivity contribution in [3.05, 3.63) is 35.9 Å². The molecule has 1 aromatic rings. The van der Waals surface area contributed by atoms with E-state index >= 15 is 0 Å². The third-order valence-electron chi connectivity index (χ3n) is 5.71. The molecule has 27 heavy (non-hydrogen) atoms. The zero-order valence-corrected chi connectivity index (χ0v) is 16.2. The molecule has 2 fully saturated rings. The molecule has 0 saturated carbocycles. The van der Waals surface area contributed by atoms with Crippen LogP contribution in [0, 0.1) is 5.92 Å². The summed E-state index contributed by atoms with van der Waals surface area (Å²) in [7, 11) is 1.42. The van der Waals surface area contributed by atoms with Crippen LogP contribution < -0.4 is 5.32 Å². The van der Waals surface area contributed by atoms with Crippen molar-refractivity contribution >= 4 is 12.0 Å². The van der Waals surface area contributed by atoms with Gasteiger partial charge in [-0.05, 0) is 37.2 Å². The number of amides is 2. The van der Waals surface area contributed by atoms with E-state index in [0.29, 0.717) is 12.3 Å². The summed E-state index contributed by atoms with van der Waals surface area (Å²) in [6, 6.07) is 10.7. The van der Waals surface area contributed by atoms with Gasteiger partial charge in [-0.2, -0.15) is 0 Å². The first-order valence-electron chi connectivity index (χ1n) is 10.0. The number of ether oxygens (including phenoxy) is 1. The van der Waals surface area contributed by atoms with Gasteiger partial charge < -0.3 is 15.0 Å². The Balaban J connectivity index is 1.32. The second-order valence-corrected chi connectivity index (χ2v) is 7.71. The minimum Gasteiger partial charge on any atom is -0.453 e. The molecule has 1 N–H and O–H groups in total. The monoisotopic (exact) mass is 373 g/mol. The summed E-state index contributed by atoms with van der Waals surface area (Å²) in [6.45, 7) is 4.38. The van der Waals surface area contributed by atoms with E-state index < -0.39 is 0 Å². The highest BCUT2D eigenvalue weighted by atomic mass is 16.5. The van der Waals surface area contributed by atoms with Crippen molar-refractivity contribution in [1.29, 1.82) is 0 Å². The van der Waals surface area contributed by atoms with Crippen LogP contribution in [-0.2, 0) is 16.1 Å². The Morgan fingerprint density at radius 1 is 1.11 bits per heavy atom. The number of nitrogens with one attached hydrogen (secondary N) is 1. The van der Waals surface area contributed by atoms with Crippen molar-refractivity contribution < 1.29 is 14.3 Å². The number of rotatable bonds is 6. The Labute approximate surface area is 161 Å². The molecule has 0 radical (unpaired) electrons. The number of hydrogen-bond acceptors (Lipinski definition) is 4. The number of likely N-dealkylation sites (tertiary alicyclic amines) is 2. The lowest BCUT2D eigenvalue weighted by Crippen LogP contribution is -2.39. The average Bonchev–Trinajstić information content (AvgIpc) is 3.13. The van der Waals surface area contributed by atoms with Crippen LogP contribution in [0.15, 0.2) is 30.3 Å². The molecule has 2 heterocycles. The fourth-order valence-corrected chi connectivity index (χ4v) is 4.10. The fourth-order valence-electron chi connectivity index (χ4n) is 4.10. The molecular weight excluding hydrogens is 342 g/mol. The second kappa shape index (κ2) is 9.74. The molecule has 148 valence electrons. The third-order valence-corrected chi connectivity index (χ3v) is 5.71.